The minimum absolute atomic E-state index is 0.0224. The molecule has 6 heteroatoms. The third-order valence-corrected chi connectivity index (χ3v) is 5.20. The van der Waals surface area contributed by atoms with Crippen molar-refractivity contribution in [2.24, 2.45) is 0 Å². The number of amides is 2. The monoisotopic (exact) mass is 381 g/mol. The number of anilines is 1. The van der Waals surface area contributed by atoms with Crippen molar-refractivity contribution < 1.29 is 9.59 Å². The highest BCUT2D eigenvalue weighted by molar-refractivity contribution is 7.22. The van der Waals surface area contributed by atoms with Crippen LogP contribution in [-0.4, -0.2) is 35.3 Å². The van der Waals surface area contributed by atoms with E-state index in [0.717, 1.165) is 29.5 Å². The number of aryl methyl sites for hydroxylation is 1. The number of unbranched alkanes of at least 4 members (excludes halogenated alkanes) is 1. The van der Waals surface area contributed by atoms with Crippen LogP contribution in [0.5, 0.6) is 0 Å². The van der Waals surface area contributed by atoms with E-state index >= 15 is 0 Å². The van der Waals surface area contributed by atoms with Crippen molar-refractivity contribution in [1.29, 1.82) is 0 Å². The van der Waals surface area contributed by atoms with Crippen LogP contribution in [0.2, 0.25) is 0 Å². The van der Waals surface area contributed by atoms with Crippen LogP contribution >= 0.6 is 11.3 Å². The standard InChI is InChI=1S/C21H23N3O2S/c1-3-4-8-15-11-12-17-18(13-15)27-21(22-17)23-19(25)14-24(2)20(26)16-9-6-5-7-10-16/h5-7,9-13H,3-4,8,14H2,1-2H3,(H,22,23,25). The molecule has 0 unspecified atom stereocenters. The number of thiazole rings is 1. The van der Waals surface area contributed by atoms with Gasteiger partial charge in [-0.25, -0.2) is 4.98 Å². The van der Waals surface area contributed by atoms with Crippen LogP contribution in [0.1, 0.15) is 35.7 Å². The second kappa shape index (κ2) is 8.77. The number of hydrogen-bond donors (Lipinski definition) is 1. The smallest absolute Gasteiger partial charge is 0.254 e. The van der Waals surface area contributed by atoms with Crippen LogP contribution in [0.3, 0.4) is 0 Å². The molecule has 0 aliphatic rings. The largest absolute Gasteiger partial charge is 0.332 e. The molecule has 0 spiro atoms. The Kier molecular flexibility index (Phi) is 6.19. The van der Waals surface area contributed by atoms with Crippen molar-refractivity contribution in [2.75, 3.05) is 18.9 Å². The van der Waals surface area contributed by atoms with Gasteiger partial charge in [-0.1, -0.05) is 48.9 Å². The van der Waals surface area contributed by atoms with Crippen molar-refractivity contribution in [3.05, 3.63) is 59.7 Å². The topological polar surface area (TPSA) is 62.3 Å². The lowest BCUT2D eigenvalue weighted by Crippen LogP contribution is -2.34. The first kappa shape index (κ1) is 19.0. The quantitative estimate of drug-likeness (QED) is 0.662. The molecule has 5 nitrogen and oxygen atoms in total. The van der Waals surface area contributed by atoms with Crippen LogP contribution in [0, 0.1) is 0 Å². The summed E-state index contributed by atoms with van der Waals surface area (Å²) in [6, 6.07) is 15.2. The first-order chi connectivity index (χ1) is 13.1. The molecule has 3 rings (SSSR count). The summed E-state index contributed by atoms with van der Waals surface area (Å²) < 4.78 is 1.06. The molecule has 3 aromatic rings. The van der Waals surface area contributed by atoms with Gasteiger partial charge >= 0.3 is 0 Å². The van der Waals surface area contributed by atoms with Gasteiger partial charge in [0.1, 0.15) is 0 Å². The minimum atomic E-state index is -0.257. The van der Waals surface area contributed by atoms with Gasteiger partial charge in [0.15, 0.2) is 5.13 Å². The highest BCUT2D eigenvalue weighted by Gasteiger charge is 2.16. The van der Waals surface area contributed by atoms with E-state index in [1.807, 2.05) is 12.1 Å². The Labute approximate surface area is 163 Å². The second-order valence-electron chi connectivity index (χ2n) is 6.50. The van der Waals surface area contributed by atoms with Gasteiger partial charge in [-0.05, 0) is 42.7 Å². The van der Waals surface area contributed by atoms with E-state index < -0.39 is 0 Å². The first-order valence-electron chi connectivity index (χ1n) is 9.06. The first-order valence-corrected chi connectivity index (χ1v) is 9.88. The molecular weight excluding hydrogens is 358 g/mol. The number of nitrogens with one attached hydrogen (secondary N) is 1. The molecule has 1 aromatic heterocycles. The van der Waals surface area contributed by atoms with E-state index in [1.165, 1.54) is 21.8 Å². The minimum Gasteiger partial charge on any atom is -0.332 e. The zero-order valence-corrected chi connectivity index (χ0v) is 16.4. The Morgan fingerprint density at radius 2 is 1.93 bits per heavy atom. The molecule has 140 valence electrons. The maximum Gasteiger partial charge on any atom is 0.254 e. The summed E-state index contributed by atoms with van der Waals surface area (Å²) in [5.41, 5.74) is 2.73. The Morgan fingerprint density at radius 3 is 2.67 bits per heavy atom. The third kappa shape index (κ3) is 4.92. The second-order valence-corrected chi connectivity index (χ2v) is 7.53. The Bertz CT molecular complexity index is 937. The molecule has 0 saturated heterocycles. The molecular formula is C21H23N3O2S. The predicted octanol–water partition coefficient (Wildman–Crippen LogP) is 4.35. The molecule has 0 aliphatic carbocycles. The summed E-state index contributed by atoms with van der Waals surface area (Å²) in [6.45, 7) is 2.16. The Hall–Kier alpha value is -2.73. The maximum atomic E-state index is 12.3. The van der Waals surface area contributed by atoms with E-state index in [1.54, 1.807) is 31.3 Å². The normalized spacial score (nSPS) is 10.7. The van der Waals surface area contributed by atoms with Gasteiger partial charge in [-0.3, -0.25) is 9.59 Å². The van der Waals surface area contributed by atoms with E-state index in [9.17, 15) is 9.59 Å². The van der Waals surface area contributed by atoms with Gasteiger partial charge in [0, 0.05) is 12.6 Å². The number of rotatable bonds is 7. The van der Waals surface area contributed by atoms with Crippen LogP contribution in [-0.2, 0) is 11.2 Å². The Morgan fingerprint density at radius 1 is 1.15 bits per heavy atom. The van der Waals surface area contributed by atoms with Crippen molar-refractivity contribution in [2.45, 2.75) is 26.2 Å². The third-order valence-electron chi connectivity index (χ3n) is 4.27. The molecule has 0 bridgehead atoms. The zero-order valence-electron chi connectivity index (χ0n) is 15.6. The van der Waals surface area contributed by atoms with Crippen LogP contribution in [0.15, 0.2) is 48.5 Å². The number of likely N-dealkylation sites (N-methyl/N-ethyl adjacent to an activating group) is 1. The summed E-state index contributed by atoms with van der Waals surface area (Å²) in [6.07, 6.45) is 3.38. The molecule has 2 aromatic carbocycles. The van der Waals surface area contributed by atoms with Crippen molar-refractivity contribution in [3.8, 4) is 0 Å². The lowest BCUT2D eigenvalue weighted by Gasteiger charge is -2.16. The fourth-order valence-corrected chi connectivity index (χ4v) is 3.75. The summed E-state index contributed by atoms with van der Waals surface area (Å²) in [7, 11) is 1.62. The Balaban J connectivity index is 1.62. The maximum absolute atomic E-state index is 12.3. The van der Waals surface area contributed by atoms with Crippen LogP contribution in [0.25, 0.3) is 10.2 Å². The van der Waals surface area contributed by atoms with Gasteiger partial charge < -0.3 is 10.2 Å². The number of carbonyl (C=O) groups is 2. The molecule has 0 atom stereocenters. The summed E-state index contributed by atoms with van der Waals surface area (Å²) >= 11 is 1.46. The summed E-state index contributed by atoms with van der Waals surface area (Å²) in [5, 5.41) is 3.36. The number of hydrogen-bond acceptors (Lipinski definition) is 4. The van der Waals surface area contributed by atoms with Gasteiger partial charge in [0.2, 0.25) is 5.91 Å². The fraction of sp³-hybridized carbons (Fsp3) is 0.286. The van der Waals surface area contributed by atoms with Crippen molar-refractivity contribution in [1.82, 2.24) is 9.88 Å². The van der Waals surface area contributed by atoms with Crippen molar-refractivity contribution >= 4 is 38.5 Å². The van der Waals surface area contributed by atoms with E-state index in [0.29, 0.717) is 10.7 Å². The number of aromatic nitrogens is 1. The number of nitrogens with zero attached hydrogens (tertiary/aromatic N) is 2. The lowest BCUT2D eigenvalue weighted by molar-refractivity contribution is -0.116. The van der Waals surface area contributed by atoms with Gasteiger partial charge in [0.25, 0.3) is 5.91 Å². The number of carbonyl (C=O) groups excluding carboxylic acids is 2. The van der Waals surface area contributed by atoms with E-state index in [2.05, 4.69) is 29.4 Å². The highest BCUT2D eigenvalue weighted by Crippen LogP contribution is 2.27. The molecule has 27 heavy (non-hydrogen) atoms. The summed E-state index contributed by atoms with van der Waals surface area (Å²) in [4.78, 5) is 30.5. The summed E-state index contributed by atoms with van der Waals surface area (Å²) in [5.74, 6) is -0.442. The average Bonchev–Trinajstić information content (AvgIpc) is 3.07. The van der Waals surface area contributed by atoms with Gasteiger partial charge in [0.05, 0.1) is 16.8 Å². The fourth-order valence-electron chi connectivity index (χ4n) is 2.81. The SMILES string of the molecule is CCCCc1ccc2nc(NC(=O)CN(C)C(=O)c3ccccc3)sc2c1. The molecule has 1 N–H and O–H groups in total. The van der Waals surface area contributed by atoms with Crippen molar-refractivity contribution in [3.63, 3.8) is 0 Å². The molecule has 1 heterocycles. The number of benzene rings is 2. The lowest BCUT2D eigenvalue weighted by atomic mass is 10.1. The highest BCUT2D eigenvalue weighted by atomic mass is 32.1. The zero-order chi connectivity index (χ0) is 19.2. The molecule has 0 aliphatic heterocycles. The average molecular weight is 382 g/mol. The molecule has 0 fully saturated rings. The van der Waals surface area contributed by atoms with E-state index in [-0.39, 0.29) is 18.4 Å². The van der Waals surface area contributed by atoms with Crippen LogP contribution in [0.4, 0.5) is 5.13 Å². The molecule has 2 amide bonds. The van der Waals surface area contributed by atoms with Gasteiger partial charge in [-0.15, -0.1) is 0 Å². The van der Waals surface area contributed by atoms with Gasteiger partial charge in [-0.2, -0.15) is 0 Å². The predicted molar refractivity (Wildman–Crippen MR) is 110 cm³/mol. The molecule has 0 radical (unpaired) electrons. The molecule has 0 saturated carbocycles. The number of fused-ring (bicyclic) bond motifs is 1. The van der Waals surface area contributed by atoms with Crippen LogP contribution < -0.4 is 5.32 Å². The van der Waals surface area contributed by atoms with E-state index in [4.69, 9.17) is 0 Å².